The van der Waals surface area contributed by atoms with Crippen LogP contribution in [-0.2, 0) is 6.42 Å². The van der Waals surface area contributed by atoms with Gasteiger partial charge in [-0.05, 0) is 43.2 Å². The summed E-state index contributed by atoms with van der Waals surface area (Å²) >= 11 is 0. The number of hydrogen-bond acceptors (Lipinski definition) is 2. The van der Waals surface area contributed by atoms with Gasteiger partial charge in [0.05, 0.1) is 11.1 Å². The lowest BCUT2D eigenvalue weighted by molar-refractivity contribution is 0.0686. The van der Waals surface area contributed by atoms with Gasteiger partial charge in [-0.2, -0.15) is 0 Å². The van der Waals surface area contributed by atoms with Crippen LogP contribution < -0.4 is 0 Å². The third-order valence-corrected chi connectivity index (χ3v) is 2.91. The van der Waals surface area contributed by atoms with E-state index in [-0.39, 0.29) is 0 Å². The molecule has 0 spiro atoms. The standard InChI is InChI=1S/C9H10O2.C8H8O2/c1-2-7-3-5-8(6-4-7)9(10)11;1-6-2-4-7(5-3-6)8(9)10/h3-6H,2H2,1H3,(H,10,11);2-5H,1H3,(H,9,10). The molecule has 0 fully saturated rings. The van der Waals surface area contributed by atoms with Crippen molar-refractivity contribution in [2.45, 2.75) is 20.3 Å². The summed E-state index contributed by atoms with van der Waals surface area (Å²) in [5, 5.41) is 17.0. The average Bonchev–Trinajstić information content (AvgIpc) is 2.48. The summed E-state index contributed by atoms with van der Waals surface area (Å²) in [5.74, 6) is -1.74. The molecule has 110 valence electrons. The zero-order chi connectivity index (χ0) is 15.8. The summed E-state index contributed by atoms with van der Waals surface area (Å²) in [6.45, 7) is 3.96. The van der Waals surface area contributed by atoms with Crippen LogP contribution in [0, 0.1) is 6.92 Å². The fourth-order valence-electron chi connectivity index (χ4n) is 1.58. The number of hydrogen-bond donors (Lipinski definition) is 2. The molecule has 0 aliphatic carbocycles. The van der Waals surface area contributed by atoms with Crippen LogP contribution in [0.2, 0.25) is 0 Å². The zero-order valence-corrected chi connectivity index (χ0v) is 12.0. The molecule has 0 aliphatic rings. The number of carbonyl (C=O) groups is 2. The summed E-state index contributed by atoms with van der Waals surface area (Å²) in [5.41, 5.74) is 2.92. The van der Waals surface area contributed by atoms with Crippen LogP contribution in [0.4, 0.5) is 0 Å². The van der Waals surface area contributed by atoms with Crippen molar-refractivity contribution in [1.82, 2.24) is 0 Å². The van der Waals surface area contributed by atoms with Crippen molar-refractivity contribution in [3.8, 4) is 0 Å². The Hall–Kier alpha value is -2.62. The Kier molecular flexibility index (Phi) is 6.14. The molecular formula is C17H18O4. The van der Waals surface area contributed by atoms with Gasteiger partial charge in [-0.3, -0.25) is 0 Å². The molecule has 2 rings (SSSR count). The van der Waals surface area contributed by atoms with Gasteiger partial charge in [-0.15, -0.1) is 0 Å². The summed E-state index contributed by atoms with van der Waals surface area (Å²) in [6, 6.07) is 13.7. The van der Waals surface area contributed by atoms with Crippen LogP contribution in [-0.4, -0.2) is 22.2 Å². The molecule has 0 aliphatic heterocycles. The maximum absolute atomic E-state index is 10.4. The van der Waals surface area contributed by atoms with Gasteiger partial charge < -0.3 is 10.2 Å². The molecule has 2 aromatic rings. The first-order valence-corrected chi connectivity index (χ1v) is 6.56. The quantitative estimate of drug-likeness (QED) is 0.903. The van der Waals surface area contributed by atoms with Gasteiger partial charge in [0.1, 0.15) is 0 Å². The van der Waals surface area contributed by atoms with Gasteiger partial charge in [0, 0.05) is 0 Å². The first kappa shape index (κ1) is 16.4. The zero-order valence-electron chi connectivity index (χ0n) is 12.0. The van der Waals surface area contributed by atoms with E-state index in [9.17, 15) is 9.59 Å². The molecule has 4 heteroatoms. The van der Waals surface area contributed by atoms with Crippen molar-refractivity contribution in [2.24, 2.45) is 0 Å². The molecule has 0 atom stereocenters. The number of benzene rings is 2. The predicted molar refractivity (Wildman–Crippen MR) is 80.9 cm³/mol. The first-order chi connectivity index (χ1) is 9.93. The topological polar surface area (TPSA) is 74.6 Å². The van der Waals surface area contributed by atoms with Gasteiger partial charge in [0.2, 0.25) is 0 Å². The van der Waals surface area contributed by atoms with E-state index in [4.69, 9.17) is 10.2 Å². The maximum atomic E-state index is 10.4. The third kappa shape index (κ3) is 5.48. The highest BCUT2D eigenvalue weighted by Crippen LogP contribution is 2.04. The highest BCUT2D eigenvalue weighted by atomic mass is 16.4. The van der Waals surface area contributed by atoms with Crippen molar-refractivity contribution in [3.05, 3.63) is 70.8 Å². The Morgan fingerprint density at radius 1 is 0.810 bits per heavy atom. The van der Waals surface area contributed by atoms with E-state index in [1.165, 1.54) is 0 Å². The lowest BCUT2D eigenvalue weighted by Gasteiger charge is -1.96. The van der Waals surface area contributed by atoms with Crippen LogP contribution in [0.25, 0.3) is 0 Å². The van der Waals surface area contributed by atoms with Crippen LogP contribution >= 0.6 is 0 Å². The second kappa shape index (κ2) is 7.85. The van der Waals surface area contributed by atoms with Gasteiger partial charge in [0.25, 0.3) is 0 Å². The SMILES string of the molecule is CCc1ccc(C(=O)O)cc1.Cc1ccc(C(=O)O)cc1. The van der Waals surface area contributed by atoms with Crippen molar-refractivity contribution in [3.63, 3.8) is 0 Å². The minimum absolute atomic E-state index is 0.339. The van der Waals surface area contributed by atoms with Gasteiger partial charge in [-0.1, -0.05) is 36.8 Å². The highest BCUT2D eigenvalue weighted by molar-refractivity contribution is 5.87. The molecular weight excluding hydrogens is 268 g/mol. The molecule has 0 unspecified atom stereocenters. The third-order valence-electron chi connectivity index (χ3n) is 2.91. The summed E-state index contributed by atoms with van der Waals surface area (Å²) in [4.78, 5) is 20.7. The minimum atomic E-state index is -0.875. The number of aromatic carboxylic acids is 2. The monoisotopic (exact) mass is 286 g/mol. The van der Waals surface area contributed by atoms with E-state index in [1.807, 2.05) is 26.0 Å². The van der Waals surface area contributed by atoms with Gasteiger partial charge in [0.15, 0.2) is 0 Å². The number of rotatable bonds is 3. The van der Waals surface area contributed by atoms with Gasteiger partial charge >= 0.3 is 11.9 Å². The molecule has 0 bridgehead atoms. The van der Waals surface area contributed by atoms with Gasteiger partial charge in [-0.25, -0.2) is 9.59 Å². The fourth-order valence-corrected chi connectivity index (χ4v) is 1.58. The maximum Gasteiger partial charge on any atom is 0.335 e. The van der Waals surface area contributed by atoms with Crippen molar-refractivity contribution >= 4 is 11.9 Å². The molecule has 0 heterocycles. The smallest absolute Gasteiger partial charge is 0.335 e. The molecule has 0 aromatic heterocycles. The van der Waals surface area contributed by atoms with Crippen molar-refractivity contribution in [2.75, 3.05) is 0 Å². The largest absolute Gasteiger partial charge is 0.478 e. The number of carboxylic acids is 2. The van der Waals surface area contributed by atoms with Crippen LogP contribution in [0.15, 0.2) is 48.5 Å². The predicted octanol–water partition coefficient (Wildman–Crippen LogP) is 3.64. The molecule has 2 aromatic carbocycles. The molecule has 0 amide bonds. The molecule has 4 nitrogen and oxygen atoms in total. The molecule has 0 saturated heterocycles. The minimum Gasteiger partial charge on any atom is -0.478 e. The molecule has 2 N–H and O–H groups in total. The lowest BCUT2D eigenvalue weighted by Crippen LogP contribution is -1.95. The second-order valence-corrected chi connectivity index (χ2v) is 4.53. The first-order valence-electron chi connectivity index (χ1n) is 6.56. The number of aryl methyl sites for hydroxylation is 2. The van der Waals surface area contributed by atoms with Crippen molar-refractivity contribution in [1.29, 1.82) is 0 Å². The van der Waals surface area contributed by atoms with E-state index < -0.39 is 11.9 Å². The van der Waals surface area contributed by atoms with E-state index in [0.717, 1.165) is 17.5 Å². The van der Waals surface area contributed by atoms with Crippen LogP contribution in [0.1, 0.15) is 38.8 Å². The lowest BCUT2D eigenvalue weighted by atomic mass is 10.1. The summed E-state index contributed by atoms with van der Waals surface area (Å²) in [7, 11) is 0. The van der Waals surface area contributed by atoms with E-state index >= 15 is 0 Å². The molecule has 21 heavy (non-hydrogen) atoms. The Bertz CT molecular complexity index is 598. The second-order valence-electron chi connectivity index (χ2n) is 4.53. The van der Waals surface area contributed by atoms with Crippen LogP contribution in [0.3, 0.4) is 0 Å². The van der Waals surface area contributed by atoms with Crippen LogP contribution in [0.5, 0.6) is 0 Å². The molecule has 0 saturated carbocycles. The molecule has 0 radical (unpaired) electrons. The highest BCUT2D eigenvalue weighted by Gasteiger charge is 2.00. The Morgan fingerprint density at radius 2 is 1.19 bits per heavy atom. The summed E-state index contributed by atoms with van der Waals surface area (Å²) in [6.07, 6.45) is 0.944. The number of carboxylic acid groups (broad SMARTS) is 2. The summed E-state index contributed by atoms with van der Waals surface area (Å²) < 4.78 is 0. The van der Waals surface area contributed by atoms with E-state index in [1.54, 1.807) is 36.4 Å². The average molecular weight is 286 g/mol. The normalized spacial score (nSPS) is 9.43. The fraction of sp³-hybridized carbons (Fsp3) is 0.176. The Labute approximate surface area is 123 Å². The van der Waals surface area contributed by atoms with E-state index in [2.05, 4.69) is 0 Å². The Morgan fingerprint density at radius 3 is 1.52 bits per heavy atom. The van der Waals surface area contributed by atoms with Crippen molar-refractivity contribution < 1.29 is 19.8 Å². The Balaban J connectivity index is 0.000000211. The van der Waals surface area contributed by atoms with E-state index in [0.29, 0.717) is 11.1 Å².